The molecule has 0 amide bonds. The molecular weight excluding hydrogens is 246 g/mol. The van der Waals surface area contributed by atoms with Gasteiger partial charge >= 0.3 is 0 Å². The molecule has 19 heavy (non-hydrogen) atoms. The molecule has 1 atom stereocenters. The summed E-state index contributed by atoms with van der Waals surface area (Å²) in [6.45, 7) is 1.88. The molecule has 0 bridgehead atoms. The van der Waals surface area contributed by atoms with Crippen molar-refractivity contribution in [3.05, 3.63) is 18.2 Å². The Morgan fingerprint density at radius 1 is 1.21 bits per heavy atom. The maximum absolute atomic E-state index is 9.44. The van der Waals surface area contributed by atoms with Crippen LogP contribution in [0.15, 0.2) is 28.2 Å². The Bertz CT molecular complexity index is 539. The monoisotopic (exact) mass is 263 g/mol. The third kappa shape index (κ3) is 3.06. The number of nitrogens with one attached hydrogen (secondary N) is 2. The van der Waals surface area contributed by atoms with Gasteiger partial charge < -0.3 is 20.4 Å². The van der Waals surface area contributed by atoms with Crippen LogP contribution >= 0.6 is 0 Å². The molecule has 1 heterocycles. The molecule has 7 nitrogen and oxygen atoms in total. The van der Waals surface area contributed by atoms with Crippen LogP contribution < -0.4 is 10.6 Å². The second kappa shape index (κ2) is 5.05. The Morgan fingerprint density at radius 2 is 1.95 bits per heavy atom. The summed E-state index contributed by atoms with van der Waals surface area (Å²) in [5.41, 5.74) is 0.619. The molecule has 4 N–H and O–H groups in total. The molecule has 0 fully saturated rings. The molecule has 0 saturated carbocycles. The van der Waals surface area contributed by atoms with E-state index >= 15 is 0 Å². The van der Waals surface area contributed by atoms with Crippen molar-refractivity contribution < 1.29 is 10.2 Å². The lowest BCUT2D eigenvalue weighted by atomic mass is 10.3. The average Bonchev–Trinajstić information content (AvgIpc) is 2.33. The lowest BCUT2D eigenvalue weighted by Crippen LogP contribution is -2.46. The van der Waals surface area contributed by atoms with Gasteiger partial charge in [-0.25, -0.2) is 9.98 Å². The summed E-state index contributed by atoms with van der Waals surface area (Å²) in [5, 5.41) is 24.8. The second-order valence-corrected chi connectivity index (χ2v) is 4.41. The fourth-order valence-electron chi connectivity index (χ4n) is 1.59. The molecule has 0 saturated heterocycles. The molecule has 1 unspecified atom stereocenters. The Hall–Kier alpha value is -2.44. The average molecular weight is 263 g/mol. The lowest BCUT2D eigenvalue weighted by Gasteiger charge is -2.24. The highest BCUT2D eigenvalue weighted by molar-refractivity contribution is 6.06. The number of anilines is 1. The molecule has 0 aliphatic carbocycles. The summed E-state index contributed by atoms with van der Waals surface area (Å²) >= 11 is 0. The molecule has 1 aromatic carbocycles. The van der Waals surface area contributed by atoms with E-state index in [0.717, 1.165) is 0 Å². The highest BCUT2D eigenvalue weighted by Crippen LogP contribution is 2.27. The van der Waals surface area contributed by atoms with Crippen LogP contribution in [0.2, 0.25) is 0 Å². The van der Waals surface area contributed by atoms with Crippen molar-refractivity contribution in [2.75, 3.05) is 19.4 Å². The minimum absolute atomic E-state index is 0.159. The lowest BCUT2D eigenvalue weighted by molar-refractivity contribution is 0.404. The quantitative estimate of drug-likeness (QED) is 0.443. The van der Waals surface area contributed by atoms with E-state index in [0.29, 0.717) is 17.6 Å². The fourth-order valence-corrected chi connectivity index (χ4v) is 1.59. The number of rotatable bonds is 1. The van der Waals surface area contributed by atoms with Gasteiger partial charge in [0.25, 0.3) is 0 Å². The van der Waals surface area contributed by atoms with Gasteiger partial charge in [-0.15, -0.1) is 0 Å². The SMILES string of the molecule is CC1N=C(Nc2ccc(O)c(O)c2)NC(N(C)C)=N1. The molecule has 0 aromatic heterocycles. The van der Waals surface area contributed by atoms with Crippen LogP contribution in [0.4, 0.5) is 5.69 Å². The third-order valence-electron chi connectivity index (χ3n) is 2.52. The van der Waals surface area contributed by atoms with Crippen molar-refractivity contribution in [3.8, 4) is 11.5 Å². The van der Waals surface area contributed by atoms with Crippen LogP contribution in [-0.2, 0) is 0 Å². The first-order valence-electron chi connectivity index (χ1n) is 5.84. The normalized spacial score (nSPS) is 18.2. The van der Waals surface area contributed by atoms with Crippen molar-refractivity contribution in [2.45, 2.75) is 13.1 Å². The number of hydrogen-bond acceptors (Lipinski definition) is 7. The maximum atomic E-state index is 9.44. The summed E-state index contributed by atoms with van der Waals surface area (Å²) in [7, 11) is 3.77. The van der Waals surface area contributed by atoms with E-state index in [1.54, 1.807) is 6.07 Å². The molecule has 102 valence electrons. The summed E-state index contributed by atoms with van der Waals surface area (Å²) < 4.78 is 0. The predicted molar refractivity (Wildman–Crippen MR) is 74.5 cm³/mol. The van der Waals surface area contributed by atoms with Crippen LogP contribution in [-0.4, -0.2) is 47.3 Å². The summed E-state index contributed by atoms with van der Waals surface area (Å²) in [6, 6.07) is 4.47. The first kappa shape index (κ1) is 13.0. The molecule has 7 heteroatoms. The third-order valence-corrected chi connectivity index (χ3v) is 2.52. The van der Waals surface area contributed by atoms with Gasteiger partial charge in [-0.1, -0.05) is 0 Å². The van der Waals surface area contributed by atoms with Crippen molar-refractivity contribution >= 4 is 17.6 Å². The standard InChI is InChI=1S/C12H17N5O2/c1-7-13-11(16-12(14-7)17(2)3)15-8-4-5-9(18)10(19)6-8/h4-7,18-19H,1-3H3,(H2,13,14,15,16). The number of hydrogen-bond donors (Lipinski definition) is 4. The highest BCUT2D eigenvalue weighted by atomic mass is 16.3. The Labute approximate surface area is 111 Å². The summed E-state index contributed by atoms with van der Waals surface area (Å²) in [4.78, 5) is 10.5. The first-order chi connectivity index (χ1) is 8.95. The highest BCUT2D eigenvalue weighted by Gasteiger charge is 2.15. The zero-order valence-corrected chi connectivity index (χ0v) is 11.0. The predicted octanol–water partition coefficient (Wildman–Crippen LogP) is 0.732. The molecule has 1 aromatic rings. The van der Waals surface area contributed by atoms with Crippen LogP contribution in [0.3, 0.4) is 0 Å². The fraction of sp³-hybridized carbons (Fsp3) is 0.333. The van der Waals surface area contributed by atoms with Crippen LogP contribution in [0, 0.1) is 0 Å². The van der Waals surface area contributed by atoms with Gasteiger partial charge in [-0.3, -0.25) is 5.32 Å². The Kier molecular flexibility index (Phi) is 3.46. The first-order valence-corrected chi connectivity index (χ1v) is 5.84. The van der Waals surface area contributed by atoms with Crippen molar-refractivity contribution in [1.29, 1.82) is 0 Å². The van der Waals surface area contributed by atoms with E-state index in [4.69, 9.17) is 0 Å². The van der Waals surface area contributed by atoms with Gasteiger partial charge in [0.2, 0.25) is 11.9 Å². The van der Waals surface area contributed by atoms with Crippen LogP contribution in [0.25, 0.3) is 0 Å². The number of phenols is 2. The van der Waals surface area contributed by atoms with Crippen molar-refractivity contribution in [3.63, 3.8) is 0 Å². The van der Waals surface area contributed by atoms with E-state index in [1.807, 2.05) is 25.9 Å². The van der Waals surface area contributed by atoms with Gasteiger partial charge in [0.15, 0.2) is 11.5 Å². The van der Waals surface area contributed by atoms with E-state index in [9.17, 15) is 10.2 Å². The van der Waals surface area contributed by atoms with Crippen LogP contribution in [0.1, 0.15) is 6.92 Å². The maximum Gasteiger partial charge on any atom is 0.204 e. The number of phenolic OH excluding ortho intramolecular Hbond substituents is 2. The molecule has 1 aliphatic rings. The van der Waals surface area contributed by atoms with Gasteiger partial charge in [-0.2, -0.15) is 0 Å². The zero-order valence-electron chi connectivity index (χ0n) is 11.0. The van der Waals surface area contributed by atoms with Gasteiger partial charge in [0.1, 0.15) is 6.17 Å². The van der Waals surface area contributed by atoms with E-state index in [1.165, 1.54) is 12.1 Å². The van der Waals surface area contributed by atoms with Crippen LogP contribution in [0.5, 0.6) is 11.5 Å². The van der Waals surface area contributed by atoms with Crippen molar-refractivity contribution in [1.82, 2.24) is 10.2 Å². The molecule has 2 rings (SSSR count). The molecule has 0 radical (unpaired) electrons. The smallest absolute Gasteiger partial charge is 0.204 e. The van der Waals surface area contributed by atoms with E-state index < -0.39 is 0 Å². The zero-order chi connectivity index (χ0) is 14.0. The number of benzene rings is 1. The minimum atomic E-state index is -0.188. The summed E-state index contributed by atoms with van der Waals surface area (Å²) in [6.07, 6.45) is -0.188. The molecule has 0 spiro atoms. The topological polar surface area (TPSA) is 92.5 Å². The largest absolute Gasteiger partial charge is 0.504 e. The molecular formula is C12H17N5O2. The van der Waals surface area contributed by atoms with E-state index in [2.05, 4.69) is 20.6 Å². The van der Waals surface area contributed by atoms with Gasteiger partial charge in [0.05, 0.1) is 0 Å². The number of aliphatic imine (C=N–C) groups is 2. The molecule has 1 aliphatic heterocycles. The second-order valence-electron chi connectivity index (χ2n) is 4.41. The van der Waals surface area contributed by atoms with Gasteiger partial charge in [0, 0.05) is 25.8 Å². The van der Waals surface area contributed by atoms with E-state index in [-0.39, 0.29) is 17.7 Å². The Balaban J connectivity index is 2.13. The minimum Gasteiger partial charge on any atom is -0.504 e. The Morgan fingerprint density at radius 3 is 2.58 bits per heavy atom. The number of guanidine groups is 2. The van der Waals surface area contributed by atoms with Crippen molar-refractivity contribution in [2.24, 2.45) is 9.98 Å². The number of nitrogens with zero attached hydrogens (tertiary/aromatic N) is 3. The van der Waals surface area contributed by atoms with Gasteiger partial charge in [-0.05, 0) is 19.1 Å². The summed E-state index contributed by atoms with van der Waals surface area (Å²) in [5.74, 6) is 0.897. The number of aromatic hydroxyl groups is 2.